The number of carbonyl (C=O) groups excluding carboxylic acids is 2. The summed E-state index contributed by atoms with van der Waals surface area (Å²) in [6, 6.07) is 16.7. The van der Waals surface area contributed by atoms with Gasteiger partial charge in [-0.3, -0.25) is 4.79 Å². The molecule has 0 bridgehead atoms. The topological polar surface area (TPSA) is 80.3 Å². The van der Waals surface area contributed by atoms with Gasteiger partial charge in [0.15, 0.2) is 11.5 Å². The lowest BCUT2D eigenvalue weighted by atomic mass is 10.1. The van der Waals surface area contributed by atoms with Crippen molar-refractivity contribution in [2.75, 3.05) is 31.8 Å². The second-order valence-electron chi connectivity index (χ2n) is 9.28. The summed E-state index contributed by atoms with van der Waals surface area (Å²) >= 11 is 1.63. The fourth-order valence-electron chi connectivity index (χ4n) is 4.47. The molecule has 1 aromatic heterocycles. The Labute approximate surface area is 220 Å². The van der Waals surface area contributed by atoms with Gasteiger partial charge in [0.05, 0.1) is 12.6 Å². The predicted octanol–water partition coefficient (Wildman–Crippen LogP) is 5.03. The van der Waals surface area contributed by atoms with E-state index >= 15 is 0 Å². The Balaban J connectivity index is 1.34. The second-order valence-corrected chi connectivity index (χ2v) is 10.3. The van der Waals surface area contributed by atoms with Gasteiger partial charge in [-0.05, 0) is 66.6 Å². The smallest absolute Gasteiger partial charge is 0.322 e. The number of anilines is 1. The number of hydrogen-bond acceptors (Lipinski definition) is 6. The van der Waals surface area contributed by atoms with Crippen LogP contribution in [0.2, 0.25) is 0 Å². The zero-order chi connectivity index (χ0) is 25.6. The van der Waals surface area contributed by atoms with Gasteiger partial charge < -0.3 is 29.3 Å². The van der Waals surface area contributed by atoms with Crippen LogP contribution in [-0.4, -0.2) is 54.3 Å². The maximum atomic E-state index is 13.8. The Hall–Kier alpha value is -3.56. The zero-order valence-electron chi connectivity index (χ0n) is 20.9. The van der Waals surface area contributed by atoms with Crippen molar-refractivity contribution in [3.05, 3.63) is 76.0 Å². The van der Waals surface area contributed by atoms with Gasteiger partial charge in [-0.1, -0.05) is 24.3 Å². The number of nitrogens with one attached hydrogen (secondary N) is 1. The predicted molar refractivity (Wildman–Crippen MR) is 142 cm³/mol. The molecule has 1 atom stereocenters. The molecule has 9 heteroatoms. The van der Waals surface area contributed by atoms with E-state index in [9.17, 15) is 9.59 Å². The van der Waals surface area contributed by atoms with E-state index in [-0.39, 0.29) is 31.4 Å². The van der Waals surface area contributed by atoms with E-state index in [1.54, 1.807) is 21.1 Å². The van der Waals surface area contributed by atoms with Crippen molar-refractivity contribution in [3.8, 4) is 11.5 Å². The van der Waals surface area contributed by atoms with E-state index in [1.165, 1.54) is 0 Å². The van der Waals surface area contributed by atoms with Gasteiger partial charge in [-0.2, -0.15) is 0 Å². The number of nitrogens with zero attached hydrogens (tertiary/aromatic N) is 2. The average Bonchev–Trinajstić information content (AvgIpc) is 3.67. The van der Waals surface area contributed by atoms with Gasteiger partial charge in [0, 0.05) is 30.3 Å². The van der Waals surface area contributed by atoms with Gasteiger partial charge >= 0.3 is 6.03 Å². The van der Waals surface area contributed by atoms with Gasteiger partial charge in [0.1, 0.15) is 6.54 Å². The highest BCUT2D eigenvalue weighted by atomic mass is 32.1. The van der Waals surface area contributed by atoms with Crippen LogP contribution in [0.25, 0.3) is 0 Å². The zero-order valence-corrected chi connectivity index (χ0v) is 21.7. The number of rotatable bonds is 9. The number of carbonyl (C=O) groups is 2. The molecule has 37 heavy (non-hydrogen) atoms. The van der Waals surface area contributed by atoms with Crippen LogP contribution in [0.5, 0.6) is 11.5 Å². The molecule has 1 fully saturated rings. The van der Waals surface area contributed by atoms with Crippen molar-refractivity contribution in [1.82, 2.24) is 9.80 Å². The maximum Gasteiger partial charge on any atom is 0.322 e. The van der Waals surface area contributed by atoms with Crippen LogP contribution >= 0.6 is 11.3 Å². The molecule has 0 radical (unpaired) electrons. The third-order valence-corrected chi connectivity index (χ3v) is 7.56. The summed E-state index contributed by atoms with van der Waals surface area (Å²) in [5, 5.41) is 4.96. The monoisotopic (exact) mass is 521 g/mol. The van der Waals surface area contributed by atoms with Gasteiger partial charge in [0.25, 0.3) is 0 Å². The molecule has 0 saturated carbocycles. The molecule has 2 aromatic carbocycles. The third kappa shape index (κ3) is 6.42. The van der Waals surface area contributed by atoms with E-state index in [4.69, 9.17) is 14.2 Å². The van der Waals surface area contributed by atoms with Crippen LogP contribution in [0.4, 0.5) is 10.5 Å². The Morgan fingerprint density at radius 1 is 1.03 bits per heavy atom. The quantitative estimate of drug-likeness (QED) is 0.427. The molecule has 0 spiro atoms. The summed E-state index contributed by atoms with van der Waals surface area (Å²) < 4.78 is 16.8. The molecular formula is C28H31N3O5S. The van der Waals surface area contributed by atoms with Crippen molar-refractivity contribution >= 4 is 29.0 Å². The van der Waals surface area contributed by atoms with Crippen molar-refractivity contribution in [2.24, 2.45) is 0 Å². The molecule has 3 heterocycles. The Morgan fingerprint density at radius 3 is 2.62 bits per heavy atom. The number of fused-ring (bicyclic) bond motifs is 1. The molecule has 2 aliphatic rings. The summed E-state index contributed by atoms with van der Waals surface area (Å²) in [6.45, 7) is 4.09. The molecular weight excluding hydrogens is 490 g/mol. The fourth-order valence-corrected chi connectivity index (χ4v) is 5.39. The number of benzene rings is 2. The van der Waals surface area contributed by atoms with E-state index < -0.39 is 0 Å². The van der Waals surface area contributed by atoms with Crippen LogP contribution < -0.4 is 14.8 Å². The first-order valence-electron chi connectivity index (χ1n) is 12.5. The minimum absolute atomic E-state index is 0.0481. The summed E-state index contributed by atoms with van der Waals surface area (Å²) in [4.78, 5) is 31.5. The van der Waals surface area contributed by atoms with Crippen LogP contribution in [0.3, 0.4) is 0 Å². The lowest BCUT2D eigenvalue weighted by Gasteiger charge is -2.29. The maximum absolute atomic E-state index is 13.8. The van der Waals surface area contributed by atoms with Crippen molar-refractivity contribution in [3.63, 3.8) is 0 Å². The average molecular weight is 522 g/mol. The van der Waals surface area contributed by atoms with Crippen molar-refractivity contribution < 1.29 is 23.8 Å². The number of thiophene rings is 1. The minimum atomic E-state index is -0.314. The molecule has 5 rings (SSSR count). The number of ether oxygens (including phenoxy) is 3. The molecule has 3 aromatic rings. The molecule has 1 N–H and O–H groups in total. The number of amides is 3. The van der Waals surface area contributed by atoms with Crippen LogP contribution in [-0.2, 0) is 22.6 Å². The third-order valence-electron chi connectivity index (χ3n) is 6.55. The number of hydrogen-bond donors (Lipinski definition) is 1. The first-order valence-corrected chi connectivity index (χ1v) is 13.3. The van der Waals surface area contributed by atoms with Crippen LogP contribution in [0.1, 0.15) is 28.8 Å². The summed E-state index contributed by atoms with van der Waals surface area (Å²) in [7, 11) is 0. The summed E-state index contributed by atoms with van der Waals surface area (Å²) in [6.07, 6.45) is 1.76. The van der Waals surface area contributed by atoms with Gasteiger partial charge in [-0.25, -0.2) is 4.79 Å². The summed E-state index contributed by atoms with van der Waals surface area (Å²) in [5.74, 6) is 1.25. The van der Waals surface area contributed by atoms with E-state index in [0.717, 1.165) is 28.8 Å². The van der Waals surface area contributed by atoms with Crippen LogP contribution in [0.15, 0.2) is 60.0 Å². The lowest BCUT2D eigenvalue weighted by molar-refractivity contribution is -0.133. The molecule has 0 unspecified atom stereocenters. The van der Waals surface area contributed by atoms with E-state index in [2.05, 4.69) is 11.4 Å². The van der Waals surface area contributed by atoms with Gasteiger partial charge in [-0.15, -0.1) is 11.3 Å². The SMILES string of the molecule is Cc1ccsc1CN(Cc1ccc2c(c1)OCO2)C(=O)CN(C[C@H]1CCCO1)C(=O)Nc1ccccc1. The number of urea groups is 1. The number of para-hydroxylation sites is 1. The van der Waals surface area contributed by atoms with E-state index in [1.807, 2.05) is 60.8 Å². The highest BCUT2D eigenvalue weighted by Gasteiger charge is 2.27. The first kappa shape index (κ1) is 25.1. The molecule has 8 nitrogen and oxygen atoms in total. The number of aryl methyl sites for hydroxylation is 1. The highest BCUT2D eigenvalue weighted by Crippen LogP contribution is 2.33. The largest absolute Gasteiger partial charge is 0.454 e. The second kappa shape index (κ2) is 11.7. The Bertz CT molecular complexity index is 1230. The standard InChI is InChI=1S/C28H31N3O5S/c1-20-11-13-37-26(20)17-30(15-21-9-10-24-25(14-21)36-19-35-24)27(32)18-31(16-23-8-5-12-34-23)28(33)29-22-6-3-2-4-7-22/h2-4,6-7,9-11,13-14,23H,5,8,12,15-19H2,1H3,(H,29,33)/t23-/m1/s1. The van der Waals surface area contributed by atoms with Crippen molar-refractivity contribution in [2.45, 2.75) is 39.0 Å². The molecule has 0 aliphatic carbocycles. The highest BCUT2D eigenvalue weighted by molar-refractivity contribution is 7.10. The lowest BCUT2D eigenvalue weighted by Crippen LogP contribution is -2.46. The molecule has 3 amide bonds. The normalized spacial score (nSPS) is 16.0. The molecule has 1 saturated heterocycles. The fraction of sp³-hybridized carbons (Fsp3) is 0.357. The van der Waals surface area contributed by atoms with Gasteiger partial charge in [0.2, 0.25) is 12.7 Å². The minimum Gasteiger partial charge on any atom is -0.454 e. The molecule has 194 valence electrons. The van der Waals surface area contributed by atoms with Crippen molar-refractivity contribution in [1.29, 1.82) is 0 Å². The first-order chi connectivity index (χ1) is 18.0. The Morgan fingerprint density at radius 2 is 1.86 bits per heavy atom. The van der Waals surface area contributed by atoms with E-state index in [0.29, 0.717) is 43.4 Å². The Kier molecular flexibility index (Phi) is 7.91. The molecule has 2 aliphatic heterocycles. The summed E-state index contributed by atoms with van der Waals surface area (Å²) in [5.41, 5.74) is 2.77. The van der Waals surface area contributed by atoms with Crippen LogP contribution in [0, 0.1) is 6.92 Å².